The van der Waals surface area contributed by atoms with Gasteiger partial charge in [-0.1, -0.05) is 12.1 Å². The van der Waals surface area contributed by atoms with Gasteiger partial charge in [0.05, 0.1) is 11.6 Å². The van der Waals surface area contributed by atoms with Crippen LogP contribution < -0.4 is 5.32 Å². The molecule has 3 amide bonds. The number of rotatable bonds is 2. The van der Waals surface area contributed by atoms with Crippen molar-refractivity contribution in [3.63, 3.8) is 0 Å². The number of likely N-dealkylation sites (tertiary alicyclic amines) is 1. The summed E-state index contributed by atoms with van der Waals surface area (Å²) in [7, 11) is 0. The van der Waals surface area contributed by atoms with E-state index in [1.807, 2.05) is 0 Å². The highest BCUT2D eigenvalue weighted by atomic mass is 19.1. The fourth-order valence-corrected chi connectivity index (χ4v) is 6.41. The minimum Gasteiger partial charge on any atom is -0.339 e. The van der Waals surface area contributed by atoms with Crippen molar-refractivity contribution in [3.05, 3.63) is 30.1 Å². The summed E-state index contributed by atoms with van der Waals surface area (Å²) < 4.78 is 13.9. The zero-order chi connectivity index (χ0) is 20.0. The molecule has 5 nitrogen and oxygen atoms in total. The van der Waals surface area contributed by atoms with Crippen LogP contribution in [0.1, 0.15) is 44.9 Å². The first kappa shape index (κ1) is 18.9. The van der Waals surface area contributed by atoms with Gasteiger partial charge >= 0.3 is 6.03 Å². The monoisotopic (exact) mass is 399 g/mol. The van der Waals surface area contributed by atoms with Crippen LogP contribution in [0.3, 0.4) is 0 Å². The number of nitrogens with zero attached hydrogens (tertiary/aromatic N) is 2. The van der Waals surface area contributed by atoms with E-state index in [1.165, 1.54) is 38.2 Å². The van der Waals surface area contributed by atoms with Crippen LogP contribution in [0.15, 0.2) is 24.3 Å². The van der Waals surface area contributed by atoms with Crippen molar-refractivity contribution >= 4 is 17.6 Å². The summed E-state index contributed by atoms with van der Waals surface area (Å²) in [6, 6.07) is 6.28. The number of hydrogen-bond acceptors (Lipinski definition) is 2. The first-order valence-corrected chi connectivity index (χ1v) is 11.2. The van der Waals surface area contributed by atoms with E-state index in [0.29, 0.717) is 25.0 Å². The molecule has 3 saturated heterocycles. The van der Waals surface area contributed by atoms with Gasteiger partial charge in [0.15, 0.2) is 0 Å². The number of para-hydroxylation sites is 1. The number of urea groups is 1. The maximum Gasteiger partial charge on any atom is 0.321 e. The summed E-state index contributed by atoms with van der Waals surface area (Å²) >= 11 is 0. The number of anilines is 1. The highest BCUT2D eigenvalue weighted by molar-refractivity contribution is 5.90. The normalized spacial score (nSPS) is 33.5. The van der Waals surface area contributed by atoms with Crippen LogP contribution >= 0.6 is 0 Å². The van der Waals surface area contributed by atoms with Crippen molar-refractivity contribution < 1.29 is 14.0 Å². The molecule has 156 valence electrons. The summed E-state index contributed by atoms with van der Waals surface area (Å²) in [4.78, 5) is 30.0. The van der Waals surface area contributed by atoms with E-state index >= 15 is 0 Å². The summed E-state index contributed by atoms with van der Waals surface area (Å²) in [5, 5.41) is 2.66. The fourth-order valence-electron chi connectivity index (χ4n) is 6.41. The van der Waals surface area contributed by atoms with E-state index in [2.05, 4.69) is 10.2 Å². The molecule has 3 heterocycles. The van der Waals surface area contributed by atoms with E-state index in [4.69, 9.17) is 0 Å². The van der Waals surface area contributed by atoms with Crippen LogP contribution in [0.4, 0.5) is 14.9 Å². The van der Waals surface area contributed by atoms with Gasteiger partial charge < -0.3 is 15.1 Å². The summed E-state index contributed by atoms with van der Waals surface area (Å²) in [5.74, 6) is 1.95. The van der Waals surface area contributed by atoms with Crippen LogP contribution in [0.5, 0.6) is 0 Å². The van der Waals surface area contributed by atoms with Gasteiger partial charge in [0.1, 0.15) is 5.82 Å². The number of carbonyl (C=O) groups is 2. The molecule has 0 radical (unpaired) electrons. The number of amides is 3. The first-order valence-electron chi connectivity index (χ1n) is 11.2. The Morgan fingerprint density at radius 3 is 2.45 bits per heavy atom. The van der Waals surface area contributed by atoms with Crippen molar-refractivity contribution in [2.45, 2.75) is 51.0 Å². The molecule has 6 heteroatoms. The molecule has 1 aromatic rings. The Balaban J connectivity index is 1.25. The van der Waals surface area contributed by atoms with Gasteiger partial charge in [0, 0.05) is 25.7 Å². The van der Waals surface area contributed by atoms with Crippen LogP contribution in [0.25, 0.3) is 0 Å². The Labute approximate surface area is 171 Å². The molecule has 5 aliphatic rings. The molecule has 5 fully saturated rings. The summed E-state index contributed by atoms with van der Waals surface area (Å²) in [6.45, 7) is 1.95. The number of carbonyl (C=O) groups excluding carboxylic acids is 2. The van der Waals surface area contributed by atoms with Crippen LogP contribution in [-0.2, 0) is 4.79 Å². The molecular formula is C23H30FN3O2. The lowest BCUT2D eigenvalue weighted by molar-refractivity contribution is -0.139. The van der Waals surface area contributed by atoms with E-state index in [1.54, 1.807) is 23.1 Å². The molecule has 6 rings (SSSR count). The van der Waals surface area contributed by atoms with Crippen LogP contribution in [0.2, 0.25) is 0 Å². The minimum atomic E-state index is -0.444. The lowest BCUT2D eigenvalue weighted by Crippen LogP contribution is -2.51. The van der Waals surface area contributed by atoms with Crippen molar-refractivity contribution in [2.75, 3.05) is 25.0 Å². The molecule has 4 bridgehead atoms. The maximum atomic E-state index is 13.9. The number of hydrogen-bond donors (Lipinski definition) is 1. The van der Waals surface area contributed by atoms with Gasteiger partial charge in [-0.2, -0.15) is 0 Å². The Morgan fingerprint density at radius 1 is 0.966 bits per heavy atom. The predicted molar refractivity (Wildman–Crippen MR) is 109 cm³/mol. The van der Waals surface area contributed by atoms with Crippen molar-refractivity contribution in [3.8, 4) is 0 Å². The van der Waals surface area contributed by atoms with Crippen molar-refractivity contribution in [2.24, 2.45) is 23.7 Å². The second-order valence-electron chi connectivity index (χ2n) is 9.62. The van der Waals surface area contributed by atoms with Crippen molar-refractivity contribution in [1.29, 1.82) is 0 Å². The molecular weight excluding hydrogens is 369 g/mol. The maximum absolute atomic E-state index is 13.9. The topological polar surface area (TPSA) is 52.7 Å². The van der Waals surface area contributed by atoms with Gasteiger partial charge in [-0.15, -0.1) is 0 Å². The van der Waals surface area contributed by atoms with Gasteiger partial charge in [-0.05, 0) is 74.8 Å². The third-order valence-electron chi connectivity index (χ3n) is 7.56. The molecule has 0 aromatic heterocycles. The number of nitrogens with one attached hydrogen (secondary N) is 1. The number of piperidine rings is 1. The summed E-state index contributed by atoms with van der Waals surface area (Å²) in [6.07, 6.45) is 7.93. The largest absolute Gasteiger partial charge is 0.339 e. The quantitative estimate of drug-likeness (QED) is 0.814. The predicted octanol–water partition coefficient (Wildman–Crippen LogP) is 4.11. The standard InChI is InChI=1S/C23H30FN3O2/c24-20-5-1-2-6-21(20)25-23(29)26-7-3-4-18(14-26)22(28)27-13-17-9-15-8-16(10-17)12-19(27)11-15/h1-2,5-6,15-19H,3-4,7-14H2,(H,25,29). The zero-order valence-corrected chi connectivity index (χ0v) is 16.9. The van der Waals surface area contributed by atoms with Gasteiger partial charge in [0.2, 0.25) is 5.91 Å². The Morgan fingerprint density at radius 2 is 1.69 bits per heavy atom. The van der Waals surface area contributed by atoms with Crippen molar-refractivity contribution in [1.82, 2.24) is 9.80 Å². The molecule has 1 aromatic carbocycles. The minimum absolute atomic E-state index is 0.134. The molecule has 3 aliphatic heterocycles. The molecule has 3 atom stereocenters. The zero-order valence-electron chi connectivity index (χ0n) is 16.9. The van der Waals surface area contributed by atoms with Gasteiger partial charge in [0.25, 0.3) is 0 Å². The molecule has 2 aliphatic carbocycles. The second-order valence-corrected chi connectivity index (χ2v) is 9.62. The molecule has 2 saturated carbocycles. The second kappa shape index (κ2) is 7.62. The first-order chi connectivity index (χ1) is 14.1. The fraction of sp³-hybridized carbons (Fsp3) is 0.652. The molecule has 0 spiro atoms. The highest BCUT2D eigenvalue weighted by Gasteiger charge is 2.45. The van der Waals surface area contributed by atoms with Gasteiger partial charge in [-0.25, -0.2) is 9.18 Å². The number of benzene rings is 1. The average Bonchev–Trinajstić information content (AvgIpc) is 2.92. The highest BCUT2D eigenvalue weighted by Crippen LogP contribution is 2.47. The van der Waals surface area contributed by atoms with Crippen LogP contribution in [-0.4, -0.2) is 47.4 Å². The smallest absolute Gasteiger partial charge is 0.321 e. The molecule has 29 heavy (non-hydrogen) atoms. The number of halogens is 1. The SMILES string of the molecule is O=C(Nc1ccccc1F)N1CCCC(C(=O)N2CC3CC4CC(C3)CC2C4)C1. The lowest BCUT2D eigenvalue weighted by atomic mass is 9.68. The third kappa shape index (κ3) is 3.74. The van der Waals surface area contributed by atoms with Crippen LogP contribution in [0, 0.1) is 29.5 Å². The van der Waals surface area contributed by atoms with E-state index in [9.17, 15) is 14.0 Å². The van der Waals surface area contributed by atoms with E-state index in [0.717, 1.165) is 31.2 Å². The summed E-state index contributed by atoms with van der Waals surface area (Å²) in [5.41, 5.74) is 0.187. The Bertz CT molecular complexity index is 786. The Kier molecular flexibility index (Phi) is 4.96. The van der Waals surface area contributed by atoms with E-state index < -0.39 is 5.82 Å². The number of fused-ring (bicyclic) bond motifs is 1. The third-order valence-corrected chi connectivity index (χ3v) is 7.56. The lowest BCUT2D eigenvalue weighted by Gasteiger charge is -2.40. The average molecular weight is 400 g/mol. The molecule has 1 N–H and O–H groups in total. The van der Waals surface area contributed by atoms with Gasteiger partial charge in [-0.3, -0.25) is 4.79 Å². The van der Waals surface area contributed by atoms with E-state index in [-0.39, 0.29) is 23.5 Å². The molecule has 3 unspecified atom stereocenters. The Hall–Kier alpha value is -2.11.